The summed E-state index contributed by atoms with van der Waals surface area (Å²) in [6, 6.07) is 18.4. The third kappa shape index (κ3) is 6.13. The lowest BCUT2D eigenvalue weighted by Crippen LogP contribution is -2.74. The average molecular weight is 508 g/mol. The van der Waals surface area contributed by atoms with E-state index in [2.05, 4.69) is 0 Å². The molecular weight excluding hydrogens is 470 g/mol. The summed E-state index contributed by atoms with van der Waals surface area (Å²) < 4.78 is 5.64. The first-order valence-electron chi connectivity index (χ1n) is 13.1. The Labute approximate surface area is 219 Å². The zero-order valence-electron chi connectivity index (χ0n) is 22.1. The van der Waals surface area contributed by atoms with Crippen molar-refractivity contribution in [3.8, 4) is 0 Å². The van der Waals surface area contributed by atoms with Crippen molar-refractivity contribution in [2.75, 3.05) is 13.1 Å². The van der Waals surface area contributed by atoms with Crippen LogP contribution >= 0.6 is 0 Å². The maximum Gasteiger partial charge on any atom is 0.436 e. The van der Waals surface area contributed by atoms with E-state index in [1.54, 1.807) is 9.80 Å². The monoisotopic (exact) mass is 507 g/mol. The second-order valence-electron chi connectivity index (χ2n) is 10.3. The molecule has 0 aromatic heterocycles. The van der Waals surface area contributed by atoms with E-state index in [0.29, 0.717) is 19.4 Å². The Morgan fingerprint density at radius 1 is 0.946 bits per heavy atom. The highest BCUT2D eigenvalue weighted by Gasteiger charge is 2.53. The van der Waals surface area contributed by atoms with E-state index in [-0.39, 0.29) is 36.8 Å². The third-order valence-electron chi connectivity index (χ3n) is 6.86. The van der Waals surface area contributed by atoms with Crippen molar-refractivity contribution in [3.05, 3.63) is 71.8 Å². The van der Waals surface area contributed by atoms with Crippen LogP contribution in [0, 0.1) is 5.92 Å². The lowest BCUT2D eigenvalue weighted by Gasteiger charge is -2.53. The molecule has 2 aliphatic rings. The number of ether oxygens (including phenoxy) is 1. The average Bonchev–Trinajstić information content (AvgIpc) is 2.88. The lowest BCUT2D eigenvalue weighted by atomic mass is 9.96. The second-order valence-corrected chi connectivity index (χ2v) is 10.3. The summed E-state index contributed by atoms with van der Waals surface area (Å²) in [5.74, 6) is -0.183. The van der Waals surface area contributed by atoms with Crippen molar-refractivity contribution in [2.45, 2.75) is 71.4 Å². The van der Waals surface area contributed by atoms with Gasteiger partial charge in [0.05, 0.1) is 6.54 Å². The number of piperazine rings is 1. The topological polar surface area (TPSA) is 79.4 Å². The van der Waals surface area contributed by atoms with Gasteiger partial charge in [-0.25, -0.2) is 4.79 Å². The van der Waals surface area contributed by atoms with Gasteiger partial charge in [-0.1, -0.05) is 81.4 Å². The third-order valence-corrected chi connectivity index (χ3v) is 6.86. The molecule has 0 bridgehead atoms. The van der Waals surface area contributed by atoms with E-state index in [1.165, 1.54) is 5.06 Å². The lowest BCUT2D eigenvalue weighted by molar-refractivity contribution is -0.267. The molecule has 8 nitrogen and oxygen atoms in total. The summed E-state index contributed by atoms with van der Waals surface area (Å²) in [6.07, 6.45) is -1.42. The first-order chi connectivity index (χ1) is 17.8. The molecule has 4 atom stereocenters. The minimum atomic E-state index is -0.953. The number of hydroxylamine groups is 2. The van der Waals surface area contributed by atoms with E-state index < -0.39 is 24.4 Å². The van der Waals surface area contributed by atoms with Crippen LogP contribution in [0.5, 0.6) is 0 Å². The molecule has 8 heteroatoms. The fraction of sp³-hybridized carbons (Fsp3) is 0.483. The minimum absolute atomic E-state index is 0.113. The Kier molecular flexibility index (Phi) is 8.48. The summed E-state index contributed by atoms with van der Waals surface area (Å²) in [7, 11) is 0. The van der Waals surface area contributed by atoms with Gasteiger partial charge in [0.15, 0.2) is 12.3 Å². The molecule has 0 N–H and O–H groups in total. The van der Waals surface area contributed by atoms with Crippen molar-refractivity contribution in [2.24, 2.45) is 5.92 Å². The van der Waals surface area contributed by atoms with Gasteiger partial charge < -0.3 is 14.5 Å². The Hall–Kier alpha value is -3.39. The SMILES string of the molecule is CC[C@H](C)OC(=O)N1O[C@H](Cc2ccccc2)C(=O)N2C1CN(CC(C)C)C(=O)[C@@H]2Cc1ccccc1. The molecule has 3 amide bonds. The first-order valence-corrected chi connectivity index (χ1v) is 13.1. The standard InChI is InChI=1S/C29H37N3O5/c1-5-21(4)36-29(35)32-26-19-30(18-20(2)3)27(33)24(16-22-12-8-6-9-13-22)31(26)28(34)25(37-32)17-23-14-10-7-11-15-23/h6-15,20-21,24-26H,5,16-19H2,1-4H3/t21-,24-,25+,26?/m0/s1. The fourth-order valence-electron chi connectivity index (χ4n) is 4.87. The van der Waals surface area contributed by atoms with Gasteiger partial charge >= 0.3 is 6.09 Å². The number of hydrogen-bond acceptors (Lipinski definition) is 5. The maximum absolute atomic E-state index is 13.9. The molecule has 2 saturated heterocycles. The Bertz CT molecular complexity index is 1080. The number of amides is 3. The first kappa shape index (κ1) is 26.7. The fourth-order valence-corrected chi connectivity index (χ4v) is 4.87. The van der Waals surface area contributed by atoms with Crippen LogP contribution in [0.15, 0.2) is 60.7 Å². The number of benzene rings is 2. The van der Waals surface area contributed by atoms with Crippen LogP contribution in [0.3, 0.4) is 0 Å². The highest BCUT2D eigenvalue weighted by atomic mass is 16.7. The van der Waals surface area contributed by atoms with Gasteiger partial charge in [-0.15, -0.1) is 0 Å². The summed E-state index contributed by atoms with van der Waals surface area (Å²) in [5.41, 5.74) is 1.84. The molecule has 2 aliphatic heterocycles. The van der Waals surface area contributed by atoms with Gasteiger partial charge in [0.1, 0.15) is 12.1 Å². The molecule has 1 unspecified atom stereocenters. The van der Waals surface area contributed by atoms with E-state index in [0.717, 1.165) is 11.1 Å². The molecule has 2 aromatic carbocycles. The quantitative estimate of drug-likeness (QED) is 0.539. The summed E-state index contributed by atoms with van der Waals surface area (Å²) in [6.45, 7) is 8.52. The van der Waals surface area contributed by atoms with Crippen LogP contribution < -0.4 is 0 Å². The molecule has 4 rings (SSSR count). The maximum atomic E-state index is 13.9. The largest absolute Gasteiger partial charge is 0.445 e. The zero-order chi connectivity index (χ0) is 26.5. The molecule has 2 fully saturated rings. The van der Waals surface area contributed by atoms with Crippen LogP contribution in [0.25, 0.3) is 0 Å². The molecule has 0 saturated carbocycles. The molecular formula is C29H37N3O5. The summed E-state index contributed by atoms with van der Waals surface area (Å²) in [5, 5.41) is 1.19. The van der Waals surface area contributed by atoms with Crippen molar-refractivity contribution in [3.63, 3.8) is 0 Å². The molecule has 198 valence electrons. The number of carbonyl (C=O) groups excluding carboxylic acids is 3. The molecule has 0 radical (unpaired) electrons. The Balaban J connectivity index is 1.72. The molecule has 37 heavy (non-hydrogen) atoms. The number of rotatable bonds is 8. The minimum Gasteiger partial charge on any atom is -0.445 e. The van der Waals surface area contributed by atoms with Gasteiger partial charge in [0.25, 0.3) is 5.91 Å². The van der Waals surface area contributed by atoms with Crippen molar-refractivity contribution >= 4 is 17.9 Å². The number of carbonyl (C=O) groups is 3. The molecule has 2 aromatic rings. The van der Waals surface area contributed by atoms with E-state index >= 15 is 0 Å². The van der Waals surface area contributed by atoms with Crippen molar-refractivity contribution in [1.29, 1.82) is 0 Å². The highest BCUT2D eigenvalue weighted by molar-refractivity contribution is 5.92. The van der Waals surface area contributed by atoms with Crippen LogP contribution in [0.1, 0.15) is 45.2 Å². The molecule has 0 spiro atoms. The Morgan fingerprint density at radius 3 is 2.11 bits per heavy atom. The van der Waals surface area contributed by atoms with Gasteiger partial charge in [-0.05, 0) is 30.4 Å². The summed E-state index contributed by atoms with van der Waals surface area (Å²) >= 11 is 0. The van der Waals surface area contributed by atoms with Crippen molar-refractivity contribution < 1.29 is 24.0 Å². The van der Waals surface area contributed by atoms with Crippen LogP contribution in [-0.4, -0.2) is 70.3 Å². The predicted molar refractivity (Wildman–Crippen MR) is 139 cm³/mol. The van der Waals surface area contributed by atoms with E-state index in [4.69, 9.17) is 9.57 Å². The van der Waals surface area contributed by atoms with Gasteiger partial charge in [-0.3, -0.25) is 14.4 Å². The highest BCUT2D eigenvalue weighted by Crippen LogP contribution is 2.31. The van der Waals surface area contributed by atoms with Gasteiger partial charge in [0, 0.05) is 19.4 Å². The van der Waals surface area contributed by atoms with Gasteiger partial charge in [-0.2, -0.15) is 5.06 Å². The number of fused-ring (bicyclic) bond motifs is 1. The van der Waals surface area contributed by atoms with Crippen LogP contribution in [-0.2, 0) is 32.0 Å². The second kappa shape index (κ2) is 11.8. The normalized spacial score (nSPS) is 22.7. The van der Waals surface area contributed by atoms with E-state index in [1.807, 2.05) is 88.4 Å². The predicted octanol–water partition coefficient (Wildman–Crippen LogP) is 4.04. The number of hydrogen-bond donors (Lipinski definition) is 0. The smallest absolute Gasteiger partial charge is 0.436 e. The van der Waals surface area contributed by atoms with E-state index in [9.17, 15) is 14.4 Å². The Morgan fingerprint density at radius 2 is 1.54 bits per heavy atom. The zero-order valence-corrected chi connectivity index (χ0v) is 22.1. The van der Waals surface area contributed by atoms with Crippen molar-refractivity contribution in [1.82, 2.24) is 14.9 Å². The van der Waals surface area contributed by atoms with Crippen LogP contribution in [0.4, 0.5) is 4.79 Å². The molecule has 2 heterocycles. The summed E-state index contributed by atoms with van der Waals surface area (Å²) in [4.78, 5) is 50.5. The van der Waals surface area contributed by atoms with Gasteiger partial charge in [0.2, 0.25) is 5.91 Å². The number of nitrogens with zero attached hydrogens (tertiary/aromatic N) is 3. The molecule has 0 aliphatic carbocycles. The van der Waals surface area contributed by atoms with Crippen LogP contribution in [0.2, 0.25) is 0 Å².